The van der Waals surface area contributed by atoms with Crippen molar-refractivity contribution in [2.75, 3.05) is 26.4 Å². The summed E-state index contributed by atoms with van der Waals surface area (Å²) in [6, 6.07) is 17.1. The molecule has 2 rings (SSSR count). The van der Waals surface area contributed by atoms with E-state index in [2.05, 4.69) is 5.32 Å². The van der Waals surface area contributed by atoms with Crippen LogP contribution in [0.15, 0.2) is 54.6 Å². The van der Waals surface area contributed by atoms with Crippen LogP contribution in [-0.2, 0) is 22.6 Å². The van der Waals surface area contributed by atoms with Gasteiger partial charge in [-0.15, -0.1) is 0 Å². The van der Waals surface area contributed by atoms with Gasteiger partial charge < -0.3 is 25.0 Å². The number of alkyl carbamates (subject to hydrolysis) is 1. The van der Waals surface area contributed by atoms with Gasteiger partial charge in [0.25, 0.3) is 0 Å². The number of ether oxygens (including phenoxy) is 2. The maximum absolute atomic E-state index is 12.1. The molecule has 0 fully saturated rings. The average Bonchev–Trinajstić information content (AvgIpc) is 2.82. The summed E-state index contributed by atoms with van der Waals surface area (Å²) in [4.78, 5) is 23.9. The predicted octanol–water partition coefficient (Wildman–Crippen LogP) is 3.26. The van der Waals surface area contributed by atoms with Crippen LogP contribution in [0.1, 0.15) is 36.8 Å². The molecule has 0 aliphatic carbocycles. The Balaban J connectivity index is 1.59. The number of aliphatic hydroxyl groups is 2. The maximum Gasteiger partial charge on any atom is 0.407 e. The van der Waals surface area contributed by atoms with Crippen LogP contribution in [0.5, 0.6) is 5.75 Å². The van der Waals surface area contributed by atoms with Crippen LogP contribution in [0.3, 0.4) is 0 Å². The van der Waals surface area contributed by atoms with E-state index in [-0.39, 0.29) is 38.1 Å². The Bertz CT molecular complexity index is 788. The first-order chi connectivity index (χ1) is 15.6. The molecule has 174 valence electrons. The van der Waals surface area contributed by atoms with Gasteiger partial charge >= 0.3 is 6.09 Å². The number of Topliss-reactive ketones (excluding diaryl/α,β-unsaturated/α-hetero) is 1. The van der Waals surface area contributed by atoms with Gasteiger partial charge in [0.15, 0.2) is 5.78 Å². The van der Waals surface area contributed by atoms with E-state index in [1.54, 1.807) is 0 Å². The molecule has 0 aliphatic rings. The van der Waals surface area contributed by atoms with Gasteiger partial charge in [-0.2, -0.15) is 0 Å². The third-order valence-electron chi connectivity index (χ3n) is 5.09. The lowest BCUT2D eigenvalue weighted by Crippen LogP contribution is -2.25. The van der Waals surface area contributed by atoms with Crippen molar-refractivity contribution >= 4 is 11.9 Å². The van der Waals surface area contributed by atoms with E-state index in [1.807, 2.05) is 54.6 Å². The Hall–Kier alpha value is -2.90. The van der Waals surface area contributed by atoms with Crippen LogP contribution in [0.4, 0.5) is 4.79 Å². The fourth-order valence-electron chi connectivity index (χ4n) is 3.22. The molecule has 2 aromatic carbocycles. The predicted molar refractivity (Wildman–Crippen MR) is 121 cm³/mol. The summed E-state index contributed by atoms with van der Waals surface area (Å²) in [6.07, 6.45) is 2.88. The average molecular weight is 444 g/mol. The van der Waals surface area contributed by atoms with Crippen molar-refractivity contribution in [1.82, 2.24) is 5.32 Å². The second-order valence-electron chi connectivity index (χ2n) is 7.57. The largest absolute Gasteiger partial charge is 0.486 e. The quantitative estimate of drug-likeness (QED) is 0.365. The molecular formula is C25H33NO6. The number of hydrogen-bond donors (Lipinski definition) is 3. The third kappa shape index (κ3) is 9.94. The molecule has 0 saturated carbocycles. The van der Waals surface area contributed by atoms with Gasteiger partial charge in [0.05, 0.1) is 0 Å². The van der Waals surface area contributed by atoms with Gasteiger partial charge in [0.1, 0.15) is 19.0 Å². The highest BCUT2D eigenvalue weighted by Gasteiger charge is 2.17. The minimum absolute atomic E-state index is 0.0734. The highest BCUT2D eigenvalue weighted by atomic mass is 16.5. The van der Waals surface area contributed by atoms with E-state index in [4.69, 9.17) is 19.7 Å². The smallest absolute Gasteiger partial charge is 0.407 e. The number of hydrogen-bond acceptors (Lipinski definition) is 6. The number of unbranched alkanes of at least 4 members (excludes halogenated alkanes) is 1. The molecule has 3 N–H and O–H groups in total. The van der Waals surface area contributed by atoms with Crippen molar-refractivity contribution in [3.8, 4) is 5.75 Å². The first kappa shape index (κ1) is 25.4. The molecule has 0 aliphatic heterocycles. The number of nitrogens with one attached hydrogen (secondary N) is 1. The van der Waals surface area contributed by atoms with Gasteiger partial charge in [-0.3, -0.25) is 4.79 Å². The van der Waals surface area contributed by atoms with Gasteiger partial charge in [-0.05, 0) is 55.4 Å². The van der Waals surface area contributed by atoms with Gasteiger partial charge in [-0.25, -0.2) is 4.79 Å². The van der Waals surface area contributed by atoms with Crippen LogP contribution in [-0.4, -0.2) is 48.5 Å². The van der Waals surface area contributed by atoms with Crippen molar-refractivity contribution in [2.24, 2.45) is 5.92 Å². The lowest BCUT2D eigenvalue weighted by Gasteiger charge is -2.14. The van der Waals surface area contributed by atoms with Gasteiger partial charge in [0.2, 0.25) is 0 Å². The number of rotatable bonds is 15. The van der Waals surface area contributed by atoms with E-state index in [1.165, 1.54) is 0 Å². The normalized spacial score (nSPS) is 10.7. The van der Waals surface area contributed by atoms with Crippen molar-refractivity contribution in [2.45, 2.75) is 38.7 Å². The molecule has 0 atom stereocenters. The molecule has 0 bridgehead atoms. The van der Waals surface area contributed by atoms with Crippen LogP contribution in [0.2, 0.25) is 0 Å². The summed E-state index contributed by atoms with van der Waals surface area (Å²) in [5, 5.41) is 20.8. The van der Waals surface area contributed by atoms with Crippen LogP contribution < -0.4 is 10.1 Å². The van der Waals surface area contributed by atoms with Crippen LogP contribution in [0, 0.1) is 5.92 Å². The molecule has 0 unspecified atom stereocenters. The number of ketones is 1. The molecule has 0 saturated heterocycles. The fraction of sp³-hybridized carbons (Fsp3) is 0.440. The zero-order chi connectivity index (χ0) is 23.0. The van der Waals surface area contributed by atoms with Crippen LogP contribution in [0.25, 0.3) is 0 Å². The Labute approximate surface area is 189 Å². The molecule has 0 aromatic heterocycles. The van der Waals surface area contributed by atoms with Gasteiger partial charge in [0, 0.05) is 25.7 Å². The van der Waals surface area contributed by atoms with E-state index < -0.39 is 6.09 Å². The van der Waals surface area contributed by atoms with Crippen molar-refractivity contribution < 1.29 is 29.3 Å². The fourth-order valence-corrected chi connectivity index (χ4v) is 3.22. The van der Waals surface area contributed by atoms with E-state index in [0.717, 1.165) is 30.4 Å². The molecule has 32 heavy (non-hydrogen) atoms. The van der Waals surface area contributed by atoms with E-state index in [9.17, 15) is 9.59 Å². The standard InChI is InChI=1S/C25H33NO6/c27-16-13-22(14-17-28)24(29)19-31-23-11-9-20(10-12-23)6-4-5-15-26-25(30)32-18-21-7-2-1-3-8-21/h1-3,7-12,22,27-28H,4-6,13-19H2,(H,26,30). The lowest BCUT2D eigenvalue weighted by molar-refractivity contribution is -0.125. The minimum atomic E-state index is -0.412. The molecule has 7 heteroatoms. The number of benzene rings is 2. The molecule has 0 spiro atoms. The minimum Gasteiger partial charge on any atom is -0.486 e. The number of carbonyl (C=O) groups is 2. The molecule has 0 heterocycles. The topological polar surface area (TPSA) is 105 Å². The summed E-state index contributed by atoms with van der Waals surface area (Å²) < 4.78 is 10.7. The molecule has 1 amide bonds. The van der Waals surface area contributed by atoms with Gasteiger partial charge in [-0.1, -0.05) is 42.5 Å². The van der Waals surface area contributed by atoms with Crippen LogP contribution >= 0.6 is 0 Å². The molecule has 0 radical (unpaired) electrons. The molecule has 2 aromatic rings. The van der Waals surface area contributed by atoms with Crippen molar-refractivity contribution in [1.29, 1.82) is 0 Å². The third-order valence-corrected chi connectivity index (χ3v) is 5.09. The Morgan fingerprint density at radius 2 is 1.56 bits per heavy atom. The second kappa shape index (κ2) is 15.0. The highest BCUT2D eigenvalue weighted by molar-refractivity contribution is 5.82. The summed E-state index contributed by atoms with van der Waals surface area (Å²) in [6.45, 7) is 0.567. The number of carbonyl (C=O) groups excluding carboxylic acids is 2. The maximum atomic E-state index is 12.1. The summed E-state index contributed by atoms with van der Waals surface area (Å²) >= 11 is 0. The Morgan fingerprint density at radius 3 is 2.22 bits per heavy atom. The SMILES string of the molecule is O=C(NCCCCc1ccc(OCC(=O)C(CCO)CCO)cc1)OCc1ccccc1. The number of aryl methyl sites for hydroxylation is 1. The molecular weight excluding hydrogens is 410 g/mol. The first-order valence-electron chi connectivity index (χ1n) is 11.0. The first-order valence-corrected chi connectivity index (χ1v) is 11.0. The van der Waals surface area contributed by atoms with E-state index >= 15 is 0 Å². The van der Waals surface area contributed by atoms with Crippen molar-refractivity contribution in [3.63, 3.8) is 0 Å². The lowest BCUT2D eigenvalue weighted by atomic mass is 9.97. The summed E-state index contributed by atoms with van der Waals surface area (Å²) in [7, 11) is 0. The summed E-state index contributed by atoms with van der Waals surface area (Å²) in [5.74, 6) is 0.108. The molecule has 7 nitrogen and oxygen atoms in total. The Morgan fingerprint density at radius 1 is 0.875 bits per heavy atom. The van der Waals surface area contributed by atoms with Crippen molar-refractivity contribution in [3.05, 3.63) is 65.7 Å². The zero-order valence-corrected chi connectivity index (χ0v) is 18.4. The summed E-state index contributed by atoms with van der Waals surface area (Å²) in [5.41, 5.74) is 2.10. The highest BCUT2D eigenvalue weighted by Crippen LogP contribution is 2.16. The monoisotopic (exact) mass is 443 g/mol. The Kier molecular flexibility index (Phi) is 11.9. The van der Waals surface area contributed by atoms with E-state index in [0.29, 0.717) is 25.1 Å². The second-order valence-corrected chi connectivity index (χ2v) is 7.57. The zero-order valence-electron chi connectivity index (χ0n) is 18.4. The number of aliphatic hydroxyl groups excluding tert-OH is 2. The number of amides is 1.